The molecule has 30 heavy (non-hydrogen) atoms. The van der Waals surface area contributed by atoms with Crippen molar-refractivity contribution < 1.29 is 4.74 Å². The van der Waals surface area contributed by atoms with Gasteiger partial charge in [-0.1, -0.05) is 48.5 Å². The van der Waals surface area contributed by atoms with Gasteiger partial charge < -0.3 is 4.74 Å². The number of benzene rings is 2. The highest BCUT2D eigenvalue weighted by molar-refractivity contribution is 5.92. The number of hydrogen-bond donors (Lipinski definition) is 0. The molecule has 0 saturated carbocycles. The van der Waals surface area contributed by atoms with Gasteiger partial charge in [0.2, 0.25) is 0 Å². The fourth-order valence-corrected chi connectivity index (χ4v) is 4.15. The average molecular weight is 396 g/mol. The van der Waals surface area contributed by atoms with Crippen LogP contribution in [0.25, 0.3) is 23.1 Å². The SMILES string of the molecule is C(=Cc1nn(C2CCCCO2)c2cccc(Cc3ccccc3)c12)c1ccccn1. The Morgan fingerprint density at radius 1 is 0.933 bits per heavy atom. The first-order chi connectivity index (χ1) is 14.9. The van der Waals surface area contributed by atoms with Gasteiger partial charge >= 0.3 is 0 Å². The maximum atomic E-state index is 6.07. The lowest BCUT2D eigenvalue weighted by atomic mass is 10.00. The zero-order valence-corrected chi connectivity index (χ0v) is 16.9. The smallest absolute Gasteiger partial charge is 0.150 e. The van der Waals surface area contributed by atoms with Crippen LogP contribution in [-0.2, 0) is 11.2 Å². The molecule has 4 nitrogen and oxygen atoms in total. The third kappa shape index (κ3) is 3.91. The first-order valence-corrected chi connectivity index (χ1v) is 10.6. The highest BCUT2D eigenvalue weighted by Gasteiger charge is 2.21. The Hall–Kier alpha value is -3.24. The van der Waals surface area contributed by atoms with Crippen molar-refractivity contribution in [3.8, 4) is 0 Å². The van der Waals surface area contributed by atoms with Crippen molar-refractivity contribution in [3.63, 3.8) is 0 Å². The minimum atomic E-state index is 0.00484. The van der Waals surface area contributed by atoms with Crippen LogP contribution in [0.4, 0.5) is 0 Å². The van der Waals surface area contributed by atoms with E-state index in [0.717, 1.165) is 42.8 Å². The second-order valence-electron chi connectivity index (χ2n) is 7.71. The van der Waals surface area contributed by atoms with E-state index in [1.54, 1.807) is 0 Å². The van der Waals surface area contributed by atoms with Crippen LogP contribution in [0.2, 0.25) is 0 Å². The summed E-state index contributed by atoms with van der Waals surface area (Å²) in [5.74, 6) is 0. The molecule has 1 aliphatic heterocycles. The third-order valence-corrected chi connectivity index (χ3v) is 5.61. The maximum absolute atomic E-state index is 6.07. The monoisotopic (exact) mass is 395 g/mol. The number of fused-ring (bicyclic) bond motifs is 1. The van der Waals surface area contributed by atoms with Gasteiger partial charge in [0.1, 0.15) is 0 Å². The average Bonchev–Trinajstić information content (AvgIpc) is 3.19. The van der Waals surface area contributed by atoms with E-state index in [-0.39, 0.29) is 6.23 Å². The summed E-state index contributed by atoms with van der Waals surface area (Å²) < 4.78 is 8.15. The van der Waals surface area contributed by atoms with Crippen molar-refractivity contribution in [3.05, 3.63) is 95.4 Å². The molecule has 0 aliphatic carbocycles. The van der Waals surface area contributed by atoms with E-state index in [1.807, 2.05) is 30.5 Å². The summed E-state index contributed by atoms with van der Waals surface area (Å²) in [6.07, 6.45) is 10.1. The van der Waals surface area contributed by atoms with E-state index in [4.69, 9.17) is 9.84 Å². The Morgan fingerprint density at radius 3 is 2.63 bits per heavy atom. The van der Waals surface area contributed by atoms with Crippen molar-refractivity contribution in [1.82, 2.24) is 14.8 Å². The predicted octanol–water partition coefficient (Wildman–Crippen LogP) is 5.89. The van der Waals surface area contributed by atoms with Crippen molar-refractivity contribution in [2.75, 3.05) is 6.61 Å². The van der Waals surface area contributed by atoms with Gasteiger partial charge in [0.05, 0.1) is 16.9 Å². The molecule has 4 aromatic rings. The number of hydrogen-bond acceptors (Lipinski definition) is 3. The maximum Gasteiger partial charge on any atom is 0.150 e. The van der Waals surface area contributed by atoms with Gasteiger partial charge in [-0.2, -0.15) is 5.10 Å². The number of pyridine rings is 1. The van der Waals surface area contributed by atoms with Gasteiger partial charge in [0.25, 0.3) is 0 Å². The summed E-state index contributed by atoms with van der Waals surface area (Å²) in [7, 11) is 0. The lowest BCUT2D eigenvalue weighted by molar-refractivity contribution is -0.0367. The molecule has 150 valence electrons. The quantitative estimate of drug-likeness (QED) is 0.423. The number of aromatic nitrogens is 3. The minimum Gasteiger partial charge on any atom is -0.356 e. The van der Waals surface area contributed by atoms with Gasteiger partial charge in [-0.25, -0.2) is 4.68 Å². The van der Waals surface area contributed by atoms with Gasteiger partial charge in [0, 0.05) is 18.2 Å². The molecule has 1 fully saturated rings. The van der Waals surface area contributed by atoms with Crippen LogP contribution in [-0.4, -0.2) is 21.4 Å². The Labute approximate surface area is 176 Å². The Morgan fingerprint density at radius 2 is 1.83 bits per heavy atom. The van der Waals surface area contributed by atoms with E-state index >= 15 is 0 Å². The normalized spacial score (nSPS) is 17.0. The second kappa shape index (κ2) is 8.64. The zero-order chi connectivity index (χ0) is 20.2. The fraction of sp³-hybridized carbons (Fsp3) is 0.231. The van der Waals surface area contributed by atoms with Crippen LogP contribution in [0, 0.1) is 0 Å². The van der Waals surface area contributed by atoms with Crippen LogP contribution in [0.1, 0.15) is 48.0 Å². The summed E-state index contributed by atoms with van der Waals surface area (Å²) in [4.78, 5) is 4.41. The van der Waals surface area contributed by atoms with Crippen LogP contribution in [0.5, 0.6) is 0 Å². The van der Waals surface area contributed by atoms with E-state index in [0.29, 0.717) is 0 Å². The lowest BCUT2D eigenvalue weighted by Crippen LogP contribution is -2.19. The third-order valence-electron chi connectivity index (χ3n) is 5.61. The zero-order valence-electron chi connectivity index (χ0n) is 16.9. The molecule has 1 atom stereocenters. The topological polar surface area (TPSA) is 39.9 Å². The highest BCUT2D eigenvalue weighted by atomic mass is 16.5. The number of nitrogens with zero attached hydrogens (tertiary/aromatic N) is 3. The number of ether oxygens (including phenoxy) is 1. The standard InChI is InChI=1S/C26H25N3O/c1-2-9-20(10-3-1)19-21-11-8-13-24-26(21)23(16-15-22-12-4-6-17-27-22)28-29(24)25-14-5-7-18-30-25/h1-4,6,8-13,15-17,25H,5,7,14,18-19H2. The Balaban J connectivity index is 1.61. The fourth-order valence-electron chi connectivity index (χ4n) is 4.15. The van der Waals surface area contributed by atoms with E-state index in [2.05, 4.69) is 64.3 Å². The van der Waals surface area contributed by atoms with Crippen molar-refractivity contribution in [2.45, 2.75) is 31.9 Å². The van der Waals surface area contributed by atoms with Crippen LogP contribution in [0.3, 0.4) is 0 Å². The highest BCUT2D eigenvalue weighted by Crippen LogP contribution is 2.31. The van der Waals surface area contributed by atoms with Gasteiger partial charge in [0.15, 0.2) is 6.23 Å². The van der Waals surface area contributed by atoms with E-state index in [9.17, 15) is 0 Å². The molecule has 1 aliphatic rings. The molecular formula is C26H25N3O. The van der Waals surface area contributed by atoms with Gasteiger partial charge in [-0.15, -0.1) is 0 Å². The molecule has 2 aromatic carbocycles. The van der Waals surface area contributed by atoms with Gasteiger partial charge in [-0.3, -0.25) is 4.98 Å². The lowest BCUT2D eigenvalue weighted by Gasteiger charge is -2.23. The molecular weight excluding hydrogens is 370 g/mol. The van der Waals surface area contributed by atoms with Crippen molar-refractivity contribution >= 4 is 23.1 Å². The Kier molecular flexibility index (Phi) is 5.40. The van der Waals surface area contributed by atoms with Crippen LogP contribution >= 0.6 is 0 Å². The first-order valence-electron chi connectivity index (χ1n) is 10.6. The molecule has 0 radical (unpaired) electrons. The van der Waals surface area contributed by atoms with Gasteiger partial charge in [-0.05, 0) is 67.2 Å². The summed E-state index contributed by atoms with van der Waals surface area (Å²) in [6, 6.07) is 23.0. The van der Waals surface area contributed by atoms with Crippen molar-refractivity contribution in [2.24, 2.45) is 0 Å². The molecule has 0 bridgehead atoms. The summed E-state index contributed by atoms with van der Waals surface area (Å²) >= 11 is 0. The molecule has 5 rings (SSSR count). The molecule has 3 heterocycles. The molecule has 1 unspecified atom stereocenters. The second-order valence-corrected chi connectivity index (χ2v) is 7.71. The molecule has 2 aromatic heterocycles. The molecule has 0 amide bonds. The van der Waals surface area contributed by atoms with Crippen LogP contribution in [0.15, 0.2) is 72.9 Å². The molecule has 4 heteroatoms. The molecule has 0 spiro atoms. The minimum absolute atomic E-state index is 0.00484. The summed E-state index contributed by atoms with van der Waals surface area (Å²) in [6.45, 7) is 0.800. The molecule has 0 N–H and O–H groups in total. The first kappa shape index (κ1) is 18.8. The summed E-state index contributed by atoms with van der Waals surface area (Å²) in [5, 5.41) is 6.20. The van der Waals surface area contributed by atoms with E-state index < -0.39 is 0 Å². The predicted molar refractivity (Wildman–Crippen MR) is 121 cm³/mol. The van der Waals surface area contributed by atoms with Crippen LogP contribution < -0.4 is 0 Å². The largest absolute Gasteiger partial charge is 0.356 e. The number of rotatable bonds is 5. The van der Waals surface area contributed by atoms with E-state index in [1.165, 1.54) is 22.9 Å². The molecule has 1 saturated heterocycles. The Bertz CT molecular complexity index is 1140. The van der Waals surface area contributed by atoms with Crippen molar-refractivity contribution in [1.29, 1.82) is 0 Å². The summed E-state index contributed by atoms with van der Waals surface area (Å²) in [5.41, 5.74) is 5.61.